The van der Waals surface area contributed by atoms with Crippen LogP contribution in [0.3, 0.4) is 0 Å². The van der Waals surface area contributed by atoms with Gasteiger partial charge in [0.1, 0.15) is 24.0 Å². The lowest BCUT2D eigenvalue weighted by atomic mass is 10.2. The van der Waals surface area contributed by atoms with Gasteiger partial charge < -0.3 is 0 Å². The Labute approximate surface area is 163 Å². The Hall–Kier alpha value is -3.34. The number of carbonyl (C=O) groups is 1. The summed E-state index contributed by atoms with van der Waals surface area (Å²) in [5, 5.41) is 21.7. The zero-order valence-electron chi connectivity index (χ0n) is 14.7. The van der Waals surface area contributed by atoms with Crippen LogP contribution >= 0.6 is 11.6 Å². The second-order valence-electron chi connectivity index (χ2n) is 5.92. The van der Waals surface area contributed by atoms with Gasteiger partial charge in [0.25, 0.3) is 0 Å². The smallest absolute Gasteiger partial charge is 0.293 e. The largest absolute Gasteiger partial charge is 0.309 e. The van der Waals surface area contributed by atoms with Crippen LogP contribution in [0.15, 0.2) is 30.7 Å². The Morgan fingerprint density at radius 1 is 1.36 bits per heavy atom. The van der Waals surface area contributed by atoms with Crippen LogP contribution in [0.25, 0.3) is 0 Å². The first-order valence-corrected chi connectivity index (χ1v) is 8.51. The number of benzene rings is 1. The van der Waals surface area contributed by atoms with Crippen LogP contribution in [0.5, 0.6) is 0 Å². The summed E-state index contributed by atoms with van der Waals surface area (Å²) < 4.78 is 15.9. The second kappa shape index (κ2) is 8.13. The molecular weight excluding hydrogens is 393 g/mol. The Bertz CT molecular complexity index is 1030. The Morgan fingerprint density at radius 3 is 2.82 bits per heavy atom. The van der Waals surface area contributed by atoms with Crippen LogP contribution in [0, 0.1) is 22.9 Å². The van der Waals surface area contributed by atoms with E-state index in [2.05, 4.69) is 20.5 Å². The van der Waals surface area contributed by atoms with Crippen LogP contribution < -0.4 is 5.32 Å². The number of aromatic nitrogens is 5. The number of carbonyl (C=O) groups excluding carboxylic acids is 1. The van der Waals surface area contributed by atoms with Gasteiger partial charge in [-0.05, 0) is 24.6 Å². The van der Waals surface area contributed by atoms with Gasteiger partial charge in [-0.3, -0.25) is 24.9 Å². The highest BCUT2D eigenvalue weighted by molar-refractivity contribution is 6.31. The van der Waals surface area contributed by atoms with Gasteiger partial charge in [-0.1, -0.05) is 17.7 Å². The van der Waals surface area contributed by atoms with Gasteiger partial charge in [-0.15, -0.1) is 5.10 Å². The zero-order chi connectivity index (χ0) is 20.3. The molecule has 0 unspecified atom stereocenters. The van der Waals surface area contributed by atoms with Crippen molar-refractivity contribution in [3.63, 3.8) is 0 Å². The number of hydrogen-bond donors (Lipinski definition) is 1. The number of nitrogens with one attached hydrogen (secondary N) is 1. The van der Waals surface area contributed by atoms with Gasteiger partial charge in [-0.2, -0.15) is 5.10 Å². The molecule has 0 bridgehead atoms. The fourth-order valence-electron chi connectivity index (χ4n) is 2.46. The van der Waals surface area contributed by atoms with Crippen molar-refractivity contribution in [2.45, 2.75) is 26.4 Å². The molecule has 0 atom stereocenters. The molecule has 10 nitrogen and oxygen atoms in total. The van der Waals surface area contributed by atoms with E-state index in [0.717, 1.165) is 0 Å². The number of aryl methyl sites for hydroxylation is 2. The standard InChI is InChI=1S/C16H15ClFN7O3/c1-10-14(25(27)28)8-23(21-10)5-4-15(26)20-16-19-9-24(22-16)7-11-2-3-12(18)6-13(11)17/h2-3,6,8-9H,4-5,7H2,1H3,(H,20,22,26). The number of nitro groups is 1. The summed E-state index contributed by atoms with van der Waals surface area (Å²) in [7, 11) is 0. The van der Waals surface area contributed by atoms with Crippen molar-refractivity contribution in [1.29, 1.82) is 0 Å². The summed E-state index contributed by atoms with van der Waals surface area (Å²) >= 11 is 5.98. The van der Waals surface area contributed by atoms with E-state index in [9.17, 15) is 19.3 Å². The first-order chi connectivity index (χ1) is 13.3. The van der Waals surface area contributed by atoms with Crippen LogP contribution in [0.4, 0.5) is 16.0 Å². The highest BCUT2D eigenvalue weighted by atomic mass is 35.5. The molecule has 0 aliphatic rings. The molecule has 0 spiro atoms. The van der Waals surface area contributed by atoms with E-state index in [0.29, 0.717) is 5.56 Å². The average molecular weight is 408 g/mol. The van der Waals surface area contributed by atoms with Gasteiger partial charge >= 0.3 is 5.69 Å². The van der Waals surface area contributed by atoms with Crippen molar-refractivity contribution in [2.75, 3.05) is 5.32 Å². The fraction of sp³-hybridized carbons (Fsp3) is 0.250. The van der Waals surface area contributed by atoms with Gasteiger partial charge in [0, 0.05) is 18.0 Å². The Morgan fingerprint density at radius 2 is 2.14 bits per heavy atom. The van der Waals surface area contributed by atoms with Crippen molar-refractivity contribution in [1.82, 2.24) is 24.5 Å². The molecule has 2 aromatic heterocycles. The van der Waals surface area contributed by atoms with E-state index < -0.39 is 10.7 Å². The molecule has 0 fully saturated rings. The lowest BCUT2D eigenvalue weighted by molar-refractivity contribution is -0.385. The number of nitrogens with zero attached hydrogens (tertiary/aromatic N) is 6. The van der Waals surface area contributed by atoms with E-state index >= 15 is 0 Å². The van der Waals surface area contributed by atoms with Crippen molar-refractivity contribution in [2.24, 2.45) is 0 Å². The van der Waals surface area contributed by atoms with Crippen LogP contribution in [-0.4, -0.2) is 35.4 Å². The lowest BCUT2D eigenvalue weighted by Gasteiger charge is -2.04. The molecule has 0 aliphatic heterocycles. The number of amides is 1. The third kappa shape index (κ3) is 4.68. The molecule has 0 radical (unpaired) electrons. The molecule has 28 heavy (non-hydrogen) atoms. The van der Waals surface area contributed by atoms with Gasteiger partial charge in [0.05, 0.1) is 11.5 Å². The topological polar surface area (TPSA) is 121 Å². The van der Waals surface area contributed by atoms with E-state index in [1.807, 2.05) is 0 Å². The van der Waals surface area contributed by atoms with Crippen LogP contribution in [0.1, 0.15) is 17.7 Å². The Kier molecular flexibility index (Phi) is 5.64. The normalized spacial score (nSPS) is 10.8. The molecule has 0 aliphatic carbocycles. The summed E-state index contributed by atoms with van der Waals surface area (Å²) in [5.41, 5.74) is 0.840. The first-order valence-electron chi connectivity index (χ1n) is 8.13. The van der Waals surface area contributed by atoms with Crippen LogP contribution in [-0.2, 0) is 17.9 Å². The van der Waals surface area contributed by atoms with E-state index in [-0.39, 0.29) is 47.8 Å². The van der Waals surface area contributed by atoms with Crippen molar-refractivity contribution < 1.29 is 14.1 Å². The minimum Gasteiger partial charge on any atom is -0.293 e. The molecule has 0 saturated heterocycles. The monoisotopic (exact) mass is 407 g/mol. The quantitative estimate of drug-likeness (QED) is 0.474. The van der Waals surface area contributed by atoms with E-state index in [4.69, 9.17) is 11.6 Å². The average Bonchev–Trinajstić information content (AvgIpc) is 3.22. The summed E-state index contributed by atoms with van der Waals surface area (Å²) in [6, 6.07) is 4.04. The molecule has 2 heterocycles. The minimum absolute atomic E-state index is 0.0383. The molecule has 1 amide bonds. The molecule has 0 saturated carbocycles. The molecule has 3 rings (SSSR count). The Balaban J connectivity index is 1.55. The van der Waals surface area contributed by atoms with Crippen molar-refractivity contribution >= 4 is 29.1 Å². The number of rotatable bonds is 7. The summed E-state index contributed by atoms with van der Waals surface area (Å²) in [4.78, 5) is 26.3. The third-order valence-corrected chi connectivity index (χ3v) is 4.17. The lowest BCUT2D eigenvalue weighted by Crippen LogP contribution is -2.16. The number of anilines is 1. The predicted octanol–water partition coefficient (Wildman–Crippen LogP) is 2.56. The van der Waals surface area contributed by atoms with Crippen LogP contribution in [0.2, 0.25) is 5.02 Å². The third-order valence-electron chi connectivity index (χ3n) is 3.82. The number of halogens is 2. The predicted molar refractivity (Wildman–Crippen MR) is 97.4 cm³/mol. The van der Waals surface area contributed by atoms with Gasteiger partial charge in [-0.25, -0.2) is 14.1 Å². The summed E-state index contributed by atoms with van der Waals surface area (Å²) in [6.07, 6.45) is 2.73. The van der Waals surface area contributed by atoms with Crippen molar-refractivity contribution in [3.8, 4) is 0 Å². The maximum absolute atomic E-state index is 13.1. The van der Waals surface area contributed by atoms with E-state index in [1.54, 1.807) is 6.07 Å². The summed E-state index contributed by atoms with van der Waals surface area (Å²) in [5.74, 6) is -0.697. The number of hydrogen-bond acceptors (Lipinski definition) is 6. The zero-order valence-corrected chi connectivity index (χ0v) is 15.4. The SMILES string of the molecule is Cc1nn(CCC(=O)Nc2ncn(Cc3ccc(F)cc3Cl)n2)cc1[N+](=O)[O-]. The molecule has 1 aromatic carbocycles. The van der Waals surface area contributed by atoms with Crippen molar-refractivity contribution in [3.05, 3.63) is 62.9 Å². The van der Waals surface area contributed by atoms with Gasteiger partial charge in [0.2, 0.25) is 11.9 Å². The maximum Gasteiger partial charge on any atom is 0.309 e. The molecule has 146 valence electrons. The fourth-order valence-corrected chi connectivity index (χ4v) is 2.68. The highest BCUT2D eigenvalue weighted by Crippen LogP contribution is 2.18. The molecule has 12 heteroatoms. The van der Waals surface area contributed by atoms with Gasteiger partial charge in [0.15, 0.2) is 0 Å². The molecule has 3 aromatic rings. The maximum atomic E-state index is 13.1. The first kappa shape index (κ1) is 19.4. The molecule has 1 N–H and O–H groups in total. The van der Waals surface area contributed by atoms with E-state index in [1.165, 1.54) is 40.9 Å². The second-order valence-corrected chi connectivity index (χ2v) is 6.33. The highest BCUT2D eigenvalue weighted by Gasteiger charge is 2.16. The summed E-state index contributed by atoms with van der Waals surface area (Å²) in [6.45, 7) is 1.96. The minimum atomic E-state index is -0.525. The molecular formula is C16H15ClFN7O3.